The van der Waals surface area contributed by atoms with E-state index in [4.69, 9.17) is 4.74 Å². The van der Waals surface area contributed by atoms with E-state index in [-0.39, 0.29) is 11.8 Å². The number of benzene rings is 5. The van der Waals surface area contributed by atoms with Crippen LogP contribution in [0.2, 0.25) is 0 Å². The Labute approximate surface area is 272 Å². The number of rotatable bonds is 8. The van der Waals surface area contributed by atoms with Gasteiger partial charge in [-0.1, -0.05) is 64.5 Å². The zero-order chi connectivity index (χ0) is 31.2. The number of amides is 2. The van der Waals surface area contributed by atoms with Crippen molar-refractivity contribution < 1.29 is 14.3 Å². The van der Waals surface area contributed by atoms with Crippen molar-refractivity contribution in [2.75, 3.05) is 36.1 Å². The molecule has 1 N–H and O–H groups in total. The molecule has 6 nitrogen and oxygen atoms in total. The fraction of sp³-hybridized carbons (Fsp3) is 0.158. The first kappa shape index (κ1) is 30.3. The van der Waals surface area contributed by atoms with E-state index in [1.807, 2.05) is 121 Å². The molecule has 7 heteroatoms. The second-order valence-electron chi connectivity index (χ2n) is 11.0. The van der Waals surface area contributed by atoms with E-state index in [0.717, 1.165) is 56.9 Å². The second kappa shape index (κ2) is 13.9. The Morgan fingerprint density at radius 1 is 0.778 bits per heavy atom. The van der Waals surface area contributed by atoms with Crippen LogP contribution in [0.4, 0.5) is 17.1 Å². The van der Waals surface area contributed by atoms with E-state index in [1.54, 1.807) is 4.90 Å². The largest absolute Gasteiger partial charge is 0.378 e. The van der Waals surface area contributed by atoms with Crippen molar-refractivity contribution in [1.82, 2.24) is 5.32 Å². The minimum Gasteiger partial charge on any atom is -0.378 e. The number of hydrogen-bond donors (Lipinski definition) is 1. The van der Waals surface area contributed by atoms with E-state index < -0.39 is 0 Å². The summed E-state index contributed by atoms with van der Waals surface area (Å²) < 4.78 is 6.46. The Hall–Kier alpha value is -4.72. The minimum absolute atomic E-state index is 0.109. The normalized spacial score (nSPS) is 12.9. The molecule has 0 spiro atoms. The molecule has 2 amide bonds. The first-order valence-corrected chi connectivity index (χ1v) is 15.8. The molecule has 0 bridgehead atoms. The van der Waals surface area contributed by atoms with Crippen molar-refractivity contribution in [2.45, 2.75) is 13.5 Å². The summed E-state index contributed by atoms with van der Waals surface area (Å²) in [5.74, 6) is -0.241. The molecule has 1 aliphatic rings. The van der Waals surface area contributed by atoms with Gasteiger partial charge in [-0.3, -0.25) is 14.5 Å². The molecule has 0 aliphatic carbocycles. The molecule has 0 unspecified atom stereocenters. The molecule has 1 fully saturated rings. The minimum atomic E-state index is -0.132. The van der Waals surface area contributed by atoms with E-state index in [1.165, 1.54) is 0 Å². The summed E-state index contributed by atoms with van der Waals surface area (Å²) in [6.07, 6.45) is 0. The zero-order valence-corrected chi connectivity index (χ0v) is 26.7. The lowest BCUT2D eigenvalue weighted by Crippen LogP contribution is -2.36. The summed E-state index contributed by atoms with van der Waals surface area (Å²) in [5.41, 5.74) is 7.88. The van der Waals surface area contributed by atoms with Gasteiger partial charge in [0.15, 0.2) is 0 Å². The van der Waals surface area contributed by atoms with Crippen LogP contribution in [0.1, 0.15) is 31.8 Å². The van der Waals surface area contributed by atoms with E-state index in [9.17, 15) is 9.59 Å². The van der Waals surface area contributed by atoms with Gasteiger partial charge in [-0.2, -0.15) is 0 Å². The molecule has 226 valence electrons. The van der Waals surface area contributed by atoms with Crippen molar-refractivity contribution in [3.8, 4) is 11.1 Å². The van der Waals surface area contributed by atoms with Crippen molar-refractivity contribution in [2.24, 2.45) is 0 Å². The number of morpholine rings is 1. The molecule has 0 atom stereocenters. The maximum Gasteiger partial charge on any atom is 0.262 e. The molecule has 5 aromatic rings. The highest BCUT2D eigenvalue weighted by molar-refractivity contribution is 9.10. The molecule has 1 saturated heterocycles. The fourth-order valence-corrected chi connectivity index (χ4v) is 5.97. The Kier molecular flexibility index (Phi) is 9.38. The average Bonchev–Trinajstić information content (AvgIpc) is 3.09. The third kappa shape index (κ3) is 7.17. The number of para-hydroxylation sites is 1. The molecular weight excluding hydrogens is 626 g/mol. The van der Waals surface area contributed by atoms with Gasteiger partial charge in [0.1, 0.15) is 0 Å². The van der Waals surface area contributed by atoms with Crippen molar-refractivity contribution in [1.29, 1.82) is 0 Å². The number of nitrogens with one attached hydrogen (secondary N) is 1. The van der Waals surface area contributed by atoms with Gasteiger partial charge in [0.05, 0.1) is 13.2 Å². The summed E-state index contributed by atoms with van der Waals surface area (Å²) in [6.45, 7) is 5.60. The fourth-order valence-electron chi connectivity index (χ4n) is 5.52. The maximum atomic E-state index is 14.1. The summed E-state index contributed by atoms with van der Waals surface area (Å²) >= 11 is 3.47. The van der Waals surface area contributed by atoms with Gasteiger partial charge < -0.3 is 15.0 Å². The van der Waals surface area contributed by atoms with Crippen molar-refractivity contribution in [3.05, 3.63) is 148 Å². The Balaban J connectivity index is 1.25. The smallest absolute Gasteiger partial charge is 0.262 e. The van der Waals surface area contributed by atoms with E-state index in [2.05, 4.69) is 33.1 Å². The lowest BCUT2D eigenvalue weighted by molar-refractivity contribution is 0.0949. The first-order chi connectivity index (χ1) is 22.0. The third-order valence-corrected chi connectivity index (χ3v) is 8.48. The van der Waals surface area contributed by atoms with Crippen LogP contribution >= 0.6 is 15.9 Å². The summed E-state index contributed by atoms with van der Waals surface area (Å²) in [7, 11) is 0. The highest BCUT2D eigenvalue weighted by Gasteiger charge is 2.22. The topological polar surface area (TPSA) is 61.9 Å². The number of carbonyl (C=O) groups excluding carboxylic acids is 2. The number of carbonyl (C=O) groups is 2. The predicted octanol–water partition coefficient (Wildman–Crippen LogP) is 8.17. The van der Waals surface area contributed by atoms with E-state index in [0.29, 0.717) is 30.9 Å². The molecular formula is C38H34BrN3O3. The molecule has 0 saturated carbocycles. The number of ether oxygens (including phenoxy) is 1. The quantitative estimate of drug-likeness (QED) is 0.183. The van der Waals surface area contributed by atoms with Crippen LogP contribution in [0.25, 0.3) is 11.1 Å². The third-order valence-electron chi connectivity index (χ3n) is 7.99. The van der Waals surface area contributed by atoms with Crippen LogP contribution in [0.3, 0.4) is 0 Å². The SMILES string of the molecule is Cc1ccc(N(C(=O)c2ccc(N3CCOCC3)cc2)c2ccccc2)cc1-c1ccc(C(=O)NCc2cccc(Br)c2)cc1. The second-order valence-corrected chi connectivity index (χ2v) is 11.9. The standard InChI is InChI=1S/C38H34BrN3O3/c1-27-10-17-35(25-36(27)29-11-13-30(14-12-29)37(43)40-26-28-6-5-7-32(39)24-28)42(34-8-3-2-4-9-34)38(44)31-15-18-33(19-16-31)41-20-22-45-23-21-41/h2-19,24-25H,20-23,26H2,1H3,(H,40,43). The summed E-state index contributed by atoms with van der Waals surface area (Å²) in [4.78, 5) is 31.0. The molecule has 1 aliphatic heterocycles. The summed E-state index contributed by atoms with van der Waals surface area (Å²) in [6, 6.07) is 39.1. The first-order valence-electron chi connectivity index (χ1n) is 15.0. The number of nitrogens with zero attached hydrogens (tertiary/aromatic N) is 2. The van der Waals surface area contributed by atoms with Crippen LogP contribution in [0.5, 0.6) is 0 Å². The highest BCUT2D eigenvalue weighted by Crippen LogP contribution is 2.34. The van der Waals surface area contributed by atoms with Crippen LogP contribution in [0, 0.1) is 6.92 Å². The van der Waals surface area contributed by atoms with Gasteiger partial charge in [-0.15, -0.1) is 0 Å². The molecule has 6 rings (SSSR count). The van der Waals surface area contributed by atoms with Gasteiger partial charge in [0, 0.05) is 52.3 Å². The Bertz CT molecular complexity index is 1780. The van der Waals surface area contributed by atoms with Crippen LogP contribution < -0.4 is 15.1 Å². The van der Waals surface area contributed by atoms with Crippen molar-refractivity contribution in [3.63, 3.8) is 0 Å². The zero-order valence-electron chi connectivity index (χ0n) is 25.1. The highest BCUT2D eigenvalue weighted by atomic mass is 79.9. The maximum absolute atomic E-state index is 14.1. The van der Waals surface area contributed by atoms with E-state index >= 15 is 0 Å². The molecule has 0 radical (unpaired) electrons. The molecule has 45 heavy (non-hydrogen) atoms. The predicted molar refractivity (Wildman–Crippen MR) is 184 cm³/mol. The Morgan fingerprint density at radius 2 is 1.49 bits per heavy atom. The number of hydrogen-bond acceptors (Lipinski definition) is 4. The molecule has 5 aromatic carbocycles. The number of anilines is 3. The molecule has 1 heterocycles. The van der Waals surface area contributed by atoms with Crippen LogP contribution in [-0.4, -0.2) is 38.1 Å². The molecule has 0 aromatic heterocycles. The average molecular weight is 661 g/mol. The number of aryl methyl sites for hydroxylation is 1. The summed E-state index contributed by atoms with van der Waals surface area (Å²) in [5, 5.41) is 2.99. The van der Waals surface area contributed by atoms with Crippen LogP contribution in [-0.2, 0) is 11.3 Å². The van der Waals surface area contributed by atoms with Gasteiger partial charge >= 0.3 is 0 Å². The van der Waals surface area contributed by atoms with Gasteiger partial charge in [-0.25, -0.2) is 0 Å². The monoisotopic (exact) mass is 659 g/mol. The lowest BCUT2D eigenvalue weighted by Gasteiger charge is -2.29. The van der Waals surface area contributed by atoms with Crippen molar-refractivity contribution >= 4 is 44.8 Å². The van der Waals surface area contributed by atoms with Gasteiger partial charge in [0.2, 0.25) is 0 Å². The number of halogens is 1. The van der Waals surface area contributed by atoms with Gasteiger partial charge in [-0.05, 0) is 102 Å². The lowest BCUT2D eigenvalue weighted by atomic mass is 9.98. The van der Waals surface area contributed by atoms with Crippen LogP contribution in [0.15, 0.2) is 126 Å². The van der Waals surface area contributed by atoms with Gasteiger partial charge in [0.25, 0.3) is 11.8 Å². The Morgan fingerprint density at radius 3 is 2.20 bits per heavy atom.